The van der Waals surface area contributed by atoms with Gasteiger partial charge in [-0.05, 0) is 36.6 Å². The smallest absolute Gasteiger partial charge is 0.0632 e. The van der Waals surface area contributed by atoms with E-state index in [9.17, 15) is 0 Å². The van der Waals surface area contributed by atoms with Gasteiger partial charge in [0.05, 0.1) is 11.7 Å². The Morgan fingerprint density at radius 1 is 1.29 bits per heavy atom. The van der Waals surface area contributed by atoms with Gasteiger partial charge in [-0.3, -0.25) is 20.9 Å². The van der Waals surface area contributed by atoms with E-state index in [1.54, 1.807) is 6.20 Å². The first-order valence-corrected chi connectivity index (χ1v) is 5.64. The molecule has 1 unspecified atom stereocenters. The Morgan fingerprint density at radius 2 is 2.06 bits per heavy atom. The largest absolute Gasteiger partial charge is 0.271 e. The first-order chi connectivity index (χ1) is 8.31. The summed E-state index contributed by atoms with van der Waals surface area (Å²) in [6, 6.07) is 6.15. The Bertz CT molecular complexity index is 451. The standard InChI is InChI=1S/C12H17N5/c1-17-12(6-9-15-17)11(16-13)3-2-10-4-7-14-8-5-10/h4-9,11,16H,2-3,13H2,1H3. The highest BCUT2D eigenvalue weighted by Gasteiger charge is 2.12. The minimum Gasteiger partial charge on any atom is -0.271 e. The summed E-state index contributed by atoms with van der Waals surface area (Å²) >= 11 is 0. The van der Waals surface area contributed by atoms with Crippen molar-refractivity contribution in [1.29, 1.82) is 0 Å². The van der Waals surface area contributed by atoms with Gasteiger partial charge in [-0.1, -0.05) is 0 Å². The van der Waals surface area contributed by atoms with E-state index in [0.29, 0.717) is 0 Å². The monoisotopic (exact) mass is 231 g/mol. The number of nitrogens with zero attached hydrogens (tertiary/aromatic N) is 3. The number of rotatable bonds is 5. The van der Waals surface area contributed by atoms with Crippen LogP contribution in [0.3, 0.4) is 0 Å². The molecule has 2 aromatic rings. The Hall–Kier alpha value is -1.72. The zero-order valence-electron chi connectivity index (χ0n) is 9.87. The van der Waals surface area contributed by atoms with Crippen LogP contribution in [-0.4, -0.2) is 14.8 Å². The van der Waals surface area contributed by atoms with Gasteiger partial charge < -0.3 is 0 Å². The minimum absolute atomic E-state index is 0.121. The summed E-state index contributed by atoms with van der Waals surface area (Å²) in [5, 5.41) is 4.15. The van der Waals surface area contributed by atoms with E-state index < -0.39 is 0 Å². The van der Waals surface area contributed by atoms with Gasteiger partial charge in [0.15, 0.2) is 0 Å². The number of aromatic nitrogens is 3. The number of nitrogens with one attached hydrogen (secondary N) is 1. The van der Waals surface area contributed by atoms with Crippen molar-refractivity contribution in [2.45, 2.75) is 18.9 Å². The van der Waals surface area contributed by atoms with Crippen LogP contribution in [-0.2, 0) is 13.5 Å². The summed E-state index contributed by atoms with van der Waals surface area (Å²) < 4.78 is 1.84. The maximum absolute atomic E-state index is 5.59. The molecule has 2 rings (SSSR count). The summed E-state index contributed by atoms with van der Waals surface area (Å²) in [6.07, 6.45) is 7.29. The average molecular weight is 231 g/mol. The Balaban J connectivity index is 2.00. The molecule has 0 saturated heterocycles. The maximum atomic E-state index is 5.59. The Labute approximate surface area is 101 Å². The number of pyridine rings is 1. The molecular weight excluding hydrogens is 214 g/mol. The van der Waals surface area contributed by atoms with E-state index in [4.69, 9.17) is 5.84 Å². The molecule has 5 nitrogen and oxygen atoms in total. The first-order valence-electron chi connectivity index (χ1n) is 5.64. The first kappa shape index (κ1) is 11.8. The predicted octanol–water partition coefficient (Wildman–Crippen LogP) is 0.952. The molecule has 5 heteroatoms. The minimum atomic E-state index is 0.121. The fourth-order valence-corrected chi connectivity index (χ4v) is 1.90. The van der Waals surface area contributed by atoms with Crippen molar-refractivity contribution in [3.63, 3.8) is 0 Å². The molecule has 0 aliphatic rings. The van der Waals surface area contributed by atoms with Crippen molar-refractivity contribution in [3.05, 3.63) is 48.0 Å². The molecule has 0 aromatic carbocycles. The quantitative estimate of drug-likeness (QED) is 0.594. The molecule has 1 atom stereocenters. The Kier molecular flexibility index (Phi) is 3.85. The second-order valence-electron chi connectivity index (χ2n) is 3.99. The highest BCUT2D eigenvalue weighted by atomic mass is 15.3. The fourth-order valence-electron chi connectivity index (χ4n) is 1.90. The van der Waals surface area contributed by atoms with Crippen LogP contribution in [0.25, 0.3) is 0 Å². The summed E-state index contributed by atoms with van der Waals surface area (Å²) in [5.41, 5.74) is 5.20. The van der Waals surface area contributed by atoms with Gasteiger partial charge in [0.25, 0.3) is 0 Å². The van der Waals surface area contributed by atoms with E-state index in [1.165, 1.54) is 5.56 Å². The summed E-state index contributed by atoms with van der Waals surface area (Å²) in [7, 11) is 1.92. The molecule has 0 aliphatic heterocycles. The number of hydrazine groups is 1. The van der Waals surface area contributed by atoms with Gasteiger partial charge in [-0.15, -0.1) is 0 Å². The molecule has 90 valence electrons. The summed E-state index contributed by atoms with van der Waals surface area (Å²) in [6.45, 7) is 0. The molecule has 2 heterocycles. The molecule has 2 aromatic heterocycles. The SMILES string of the molecule is Cn1nccc1C(CCc1ccncc1)NN. The van der Waals surface area contributed by atoms with Crippen molar-refractivity contribution in [2.24, 2.45) is 12.9 Å². The molecule has 0 spiro atoms. The second kappa shape index (κ2) is 5.56. The summed E-state index contributed by atoms with van der Waals surface area (Å²) in [5.74, 6) is 5.59. The van der Waals surface area contributed by atoms with Crippen molar-refractivity contribution in [2.75, 3.05) is 0 Å². The van der Waals surface area contributed by atoms with Crippen LogP contribution in [0, 0.1) is 0 Å². The molecule has 0 bridgehead atoms. The summed E-state index contributed by atoms with van der Waals surface area (Å²) in [4.78, 5) is 4.00. The molecule has 17 heavy (non-hydrogen) atoms. The third kappa shape index (κ3) is 2.89. The lowest BCUT2D eigenvalue weighted by atomic mass is 10.0. The fraction of sp³-hybridized carbons (Fsp3) is 0.333. The van der Waals surface area contributed by atoms with E-state index >= 15 is 0 Å². The van der Waals surface area contributed by atoms with E-state index in [0.717, 1.165) is 18.5 Å². The van der Waals surface area contributed by atoms with Gasteiger partial charge in [0.2, 0.25) is 0 Å². The third-order valence-electron chi connectivity index (χ3n) is 2.89. The van der Waals surface area contributed by atoms with Crippen molar-refractivity contribution in [1.82, 2.24) is 20.2 Å². The van der Waals surface area contributed by atoms with Gasteiger partial charge in [-0.2, -0.15) is 5.10 Å². The normalized spacial score (nSPS) is 12.6. The molecule has 0 fully saturated rings. The van der Waals surface area contributed by atoms with Gasteiger partial charge in [-0.25, -0.2) is 0 Å². The van der Waals surface area contributed by atoms with Crippen molar-refractivity contribution >= 4 is 0 Å². The van der Waals surface area contributed by atoms with Crippen LogP contribution in [0.4, 0.5) is 0 Å². The molecule has 0 saturated carbocycles. The number of aryl methyl sites for hydroxylation is 2. The predicted molar refractivity (Wildman–Crippen MR) is 65.8 cm³/mol. The molecule has 3 N–H and O–H groups in total. The lowest BCUT2D eigenvalue weighted by Crippen LogP contribution is -2.30. The number of nitrogens with two attached hydrogens (primary N) is 1. The molecule has 0 amide bonds. The van der Waals surface area contributed by atoms with Crippen molar-refractivity contribution in [3.8, 4) is 0 Å². The zero-order valence-corrected chi connectivity index (χ0v) is 9.87. The van der Waals surface area contributed by atoms with Crippen LogP contribution >= 0.6 is 0 Å². The maximum Gasteiger partial charge on any atom is 0.0632 e. The highest BCUT2D eigenvalue weighted by Crippen LogP contribution is 2.17. The van der Waals surface area contributed by atoms with Crippen LogP contribution in [0.15, 0.2) is 36.8 Å². The van der Waals surface area contributed by atoms with Crippen molar-refractivity contribution < 1.29 is 0 Å². The van der Waals surface area contributed by atoms with Crippen LogP contribution in [0.2, 0.25) is 0 Å². The average Bonchev–Trinajstić information content (AvgIpc) is 2.78. The second-order valence-corrected chi connectivity index (χ2v) is 3.99. The van der Waals surface area contributed by atoms with E-state index in [-0.39, 0.29) is 6.04 Å². The van der Waals surface area contributed by atoms with Gasteiger partial charge in [0, 0.05) is 25.6 Å². The number of hydrogen-bond donors (Lipinski definition) is 2. The van der Waals surface area contributed by atoms with Crippen LogP contribution in [0.5, 0.6) is 0 Å². The van der Waals surface area contributed by atoms with Crippen LogP contribution < -0.4 is 11.3 Å². The molecule has 0 aliphatic carbocycles. The number of hydrogen-bond acceptors (Lipinski definition) is 4. The van der Waals surface area contributed by atoms with Crippen LogP contribution in [0.1, 0.15) is 23.7 Å². The molecule has 0 radical (unpaired) electrons. The lowest BCUT2D eigenvalue weighted by Gasteiger charge is -2.16. The zero-order chi connectivity index (χ0) is 12.1. The third-order valence-corrected chi connectivity index (χ3v) is 2.89. The van der Waals surface area contributed by atoms with Gasteiger partial charge in [0.1, 0.15) is 0 Å². The highest BCUT2D eigenvalue weighted by molar-refractivity contribution is 5.12. The van der Waals surface area contributed by atoms with E-state index in [2.05, 4.69) is 15.5 Å². The Morgan fingerprint density at radius 3 is 2.65 bits per heavy atom. The lowest BCUT2D eigenvalue weighted by molar-refractivity contribution is 0.480. The molecular formula is C12H17N5. The van der Waals surface area contributed by atoms with E-state index in [1.807, 2.05) is 42.3 Å². The topological polar surface area (TPSA) is 68.8 Å². The van der Waals surface area contributed by atoms with Gasteiger partial charge >= 0.3 is 0 Å².